The highest BCUT2D eigenvalue weighted by Crippen LogP contribution is 2.49. The van der Waals surface area contributed by atoms with E-state index >= 15 is 0 Å². The van der Waals surface area contributed by atoms with Crippen molar-refractivity contribution in [2.24, 2.45) is 0 Å². The maximum Gasteiger partial charge on any atom is 0.326 e. The van der Waals surface area contributed by atoms with Gasteiger partial charge in [-0.3, -0.25) is 9.80 Å². The quantitative estimate of drug-likeness (QED) is 0.625. The Morgan fingerprint density at radius 1 is 1.00 bits per heavy atom. The highest BCUT2D eigenvalue weighted by atomic mass is 35.5. The molecule has 0 aromatic heterocycles. The predicted octanol–water partition coefficient (Wildman–Crippen LogP) is 4.72. The number of carbonyl (C=O) groups excluding carboxylic acids is 1. The standard InChI is InChI=1S/C25H24ClN3O2/c26-20-12-6-4-8-17(20)14-28-22-15-29(25(31)27-18-9-2-1-3-10-18)21-13-7-5-11-19(21)24(22)23(28)16-30/h1-13,22-24,30H,14-16H2,(H,27,31)/t22-,23-,24+/m1/s1. The highest BCUT2D eigenvalue weighted by molar-refractivity contribution is 6.31. The first-order valence-electron chi connectivity index (χ1n) is 10.5. The van der Waals surface area contributed by atoms with Gasteiger partial charge in [-0.2, -0.15) is 0 Å². The van der Waals surface area contributed by atoms with Crippen LogP contribution in [-0.2, 0) is 6.54 Å². The molecule has 0 radical (unpaired) electrons. The first kappa shape index (κ1) is 20.1. The minimum absolute atomic E-state index is 0.00163. The third kappa shape index (κ3) is 3.59. The van der Waals surface area contributed by atoms with Gasteiger partial charge in [0.15, 0.2) is 0 Å². The summed E-state index contributed by atoms with van der Waals surface area (Å²) in [7, 11) is 0. The number of hydrogen-bond donors (Lipinski definition) is 2. The Hall–Kier alpha value is -2.86. The van der Waals surface area contributed by atoms with Crippen molar-refractivity contribution in [2.75, 3.05) is 23.4 Å². The van der Waals surface area contributed by atoms with Gasteiger partial charge in [-0.1, -0.05) is 66.2 Å². The monoisotopic (exact) mass is 433 g/mol. The lowest BCUT2D eigenvalue weighted by atomic mass is 9.72. The topological polar surface area (TPSA) is 55.8 Å². The molecule has 0 aliphatic carbocycles. The Morgan fingerprint density at radius 2 is 1.71 bits per heavy atom. The first-order valence-corrected chi connectivity index (χ1v) is 10.9. The average molecular weight is 434 g/mol. The minimum Gasteiger partial charge on any atom is -0.395 e. The summed E-state index contributed by atoms with van der Waals surface area (Å²) < 4.78 is 0. The van der Waals surface area contributed by atoms with E-state index in [2.05, 4.69) is 16.3 Å². The van der Waals surface area contributed by atoms with Crippen LogP contribution in [0.2, 0.25) is 5.02 Å². The van der Waals surface area contributed by atoms with Crippen LogP contribution in [0.25, 0.3) is 0 Å². The number of nitrogens with zero attached hydrogens (tertiary/aromatic N) is 2. The van der Waals surface area contributed by atoms with E-state index in [1.807, 2.05) is 77.7 Å². The minimum atomic E-state index is -0.151. The van der Waals surface area contributed by atoms with Gasteiger partial charge in [0.25, 0.3) is 0 Å². The van der Waals surface area contributed by atoms with Gasteiger partial charge in [-0.25, -0.2) is 4.79 Å². The molecule has 3 aromatic carbocycles. The van der Waals surface area contributed by atoms with E-state index in [0.717, 1.165) is 27.5 Å². The molecule has 0 saturated carbocycles. The highest BCUT2D eigenvalue weighted by Gasteiger charge is 2.53. The van der Waals surface area contributed by atoms with Gasteiger partial charge in [-0.05, 0) is 35.4 Å². The molecule has 3 aromatic rings. The molecule has 0 unspecified atom stereocenters. The number of rotatable bonds is 4. The van der Waals surface area contributed by atoms with Crippen molar-refractivity contribution in [2.45, 2.75) is 24.5 Å². The van der Waals surface area contributed by atoms with Gasteiger partial charge >= 0.3 is 6.03 Å². The number of aliphatic hydroxyl groups is 1. The number of nitrogens with one attached hydrogen (secondary N) is 1. The summed E-state index contributed by atoms with van der Waals surface area (Å²) in [6.45, 7) is 1.26. The summed E-state index contributed by atoms with van der Waals surface area (Å²) >= 11 is 6.40. The summed E-state index contributed by atoms with van der Waals surface area (Å²) in [5.41, 5.74) is 3.81. The number of aliphatic hydroxyl groups excluding tert-OH is 1. The van der Waals surface area contributed by atoms with E-state index in [9.17, 15) is 9.90 Å². The lowest BCUT2D eigenvalue weighted by Crippen LogP contribution is -2.69. The predicted molar refractivity (Wildman–Crippen MR) is 124 cm³/mol. The second-order valence-corrected chi connectivity index (χ2v) is 8.48. The molecule has 3 atom stereocenters. The number of anilines is 2. The fraction of sp³-hybridized carbons (Fsp3) is 0.240. The van der Waals surface area contributed by atoms with Crippen LogP contribution in [0.4, 0.5) is 16.2 Å². The van der Waals surface area contributed by atoms with Crippen LogP contribution in [0, 0.1) is 0 Å². The number of halogens is 1. The van der Waals surface area contributed by atoms with Crippen molar-refractivity contribution in [3.63, 3.8) is 0 Å². The molecule has 158 valence electrons. The lowest BCUT2D eigenvalue weighted by molar-refractivity contribution is -0.0484. The molecule has 1 saturated heterocycles. The van der Waals surface area contributed by atoms with Crippen molar-refractivity contribution in [1.82, 2.24) is 4.90 Å². The maximum absolute atomic E-state index is 13.2. The van der Waals surface area contributed by atoms with Gasteiger partial charge in [0.2, 0.25) is 0 Å². The fourth-order valence-electron chi connectivity index (χ4n) is 4.93. The Bertz CT molecular complexity index is 1090. The van der Waals surface area contributed by atoms with E-state index in [1.54, 1.807) is 0 Å². The number of fused-ring (bicyclic) bond motifs is 3. The zero-order valence-corrected chi connectivity index (χ0v) is 17.7. The van der Waals surface area contributed by atoms with Gasteiger partial charge in [0, 0.05) is 47.5 Å². The van der Waals surface area contributed by atoms with Crippen LogP contribution < -0.4 is 10.2 Å². The first-order chi connectivity index (χ1) is 15.2. The summed E-state index contributed by atoms with van der Waals surface area (Å²) in [4.78, 5) is 17.3. The van der Waals surface area contributed by atoms with E-state index in [0.29, 0.717) is 13.1 Å². The largest absolute Gasteiger partial charge is 0.395 e. The van der Waals surface area contributed by atoms with E-state index < -0.39 is 0 Å². The molecule has 2 aliphatic heterocycles. The molecule has 5 rings (SSSR count). The SMILES string of the molecule is O=C(Nc1ccccc1)N1C[C@@H]2[C@H](c3ccccc31)[C@@H](CO)N2Cc1ccccc1Cl. The number of urea groups is 1. The molecular weight excluding hydrogens is 410 g/mol. The molecule has 0 bridgehead atoms. The molecule has 31 heavy (non-hydrogen) atoms. The van der Waals surface area contributed by atoms with Crippen LogP contribution in [-0.4, -0.2) is 41.3 Å². The summed E-state index contributed by atoms with van der Waals surface area (Å²) in [5.74, 6) is 0.185. The van der Waals surface area contributed by atoms with Crippen molar-refractivity contribution in [1.29, 1.82) is 0 Å². The number of para-hydroxylation sites is 2. The molecule has 2 heterocycles. The number of hydrogen-bond acceptors (Lipinski definition) is 3. The summed E-state index contributed by atoms with van der Waals surface area (Å²) in [6.07, 6.45) is 0. The average Bonchev–Trinajstić information content (AvgIpc) is 2.79. The van der Waals surface area contributed by atoms with Gasteiger partial charge in [0.1, 0.15) is 0 Å². The second kappa shape index (κ2) is 8.35. The zero-order valence-electron chi connectivity index (χ0n) is 17.0. The van der Waals surface area contributed by atoms with Gasteiger partial charge < -0.3 is 10.4 Å². The van der Waals surface area contributed by atoms with Crippen molar-refractivity contribution in [3.8, 4) is 0 Å². The Balaban J connectivity index is 1.45. The number of carbonyl (C=O) groups is 1. The summed E-state index contributed by atoms with van der Waals surface area (Å²) in [5, 5.41) is 13.9. The molecule has 2 aliphatic rings. The Kier molecular flexibility index (Phi) is 5.40. The molecule has 1 fully saturated rings. The third-order valence-electron chi connectivity index (χ3n) is 6.41. The normalized spacial score (nSPS) is 22.3. The smallest absolute Gasteiger partial charge is 0.326 e. The molecule has 2 N–H and O–H groups in total. The zero-order chi connectivity index (χ0) is 21.4. The molecule has 5 nitrogen and oxygen atoms in total. The van der Waals surface area contributed by atoms with Crippen molar-refractivity contribution in [3.05, 3.63) is 95.0 Å². The van der Waals surface area contributed by atoms with Crippen LogP contribution in [0.15, 0.2) is 78.9 Å². The van der Waals surface area contributed by atoms with Gasteiger partial charge in [0.05, 0.1) is 6.61 Å². The van der Waals surface area contributed by atoms with E-state index in [-0.39, 0.29) is 30.6 Å². The maximum atomic E-state index is 13.2. The van der Waals surface area contributed by atoms with Crippen LogP contribution >= 0.6 is 11.6 Å². The van der Waals surface area contributed by atoms with Crippen LogP contribution in [0.1, 0.15) is 17.0 Å². The van der Waals surface area contributed by atoms with E-state index in [4.69, 9.17) is 11.6 Å². The number of amides is 2. The van der Waals surface area contributed by atoms with E-state index in [1.165, 1.54) is 0 Å². The molecule has 6 heteroatoms. The molecule has 2 amide bonds. The number of likely N-dealkylation sites (tertiary alicyclic amines) is 1. The summed E-state index contributed by atoms with van der Waals surface area (Å²) in [6, 6.07) is 25.3. The van der Waals surface area contributed by atoms with Crippen LogP contribution in [0.5, 0.6) is 0 Å². The Labute approximate surface area is 186 Å². The van der Waals surface area contributed by atoms with Gasteiger partial charge in [-0.15, -0.1) is 0 Å². The van der Waals surface area contributed by atoms with Crippen LogP contribution in [0.3, 0.4) is 0 Å². The molecular formula is C25H24ClN3O2. The number of benzene rings is 3. The third-order valence-corrected chi connectivity index (χ3v) is 6.77. The van der Waals surface area contributed by atoms with Crippen molar-refractivity contribution >= 4 is 29.0 Å². The lowest BCUT2D eigenvalue weighted by Gasteiger charge is -2.59. The fourth-order valence-corrected chi connectivity index (χ4v) is 5.12. The molecule has 0 spiro atoms. The van der Waals surface area contributed by atoms with Crippen molar-refractivity contribution < 1.29 is 9.90 Å². The second-order valence-electron chi connectivity index (χ2n) is 8.07. The Morgan fingerprint density at radius 3 is 2.48 bits per heavy atom.